The lowest BCUT2D eigenvalue weighted by Crippen LogP contribution is -2.07. The summed E-state index contributed by atoms with van der Waals surface area (Å²) in [6.45, 7) is 2.68. The number of aryl methyl sites for hydroxylation is 1. The minimum Gasteiger partial charge on any atom is -0.366 e. The van der Waals surface area contributed by atoms with Crippen molar-refractivity contribution in [2.45, 2.75) is 13.5 Å². The summed E-state index contributed by atoms with van der Waals surface area (Å²) in [6, 6.07) is 11.9. The Kier molecular flexibility index (Phi) is 4.20. The molecule has 0 aliphatic heterocycles. The third-order valence-electron chi connectivity index (χ3n) is 3.06. The van der Waals surface area contributed by atoms with Crippen LogP contribution in [0.3, 0.4) is 0 Å². The van der Waals surface area contributed by atoms with E-state index in [0.717, 1.165) is 11.4 Å². The van der Waals surface area contributed by atoms with Gasteiger partial charge >= 0.3 is 0 Å². The number of hydrogen-bond acceptors (Lipinski definition) is 6. The highest BCUT2D eigenvalue weighted by molar-refractivity contribution is 5.50. The third-order valence-corrected chi connectivity index (χ3v) is 3.06. The molecular formula is C16H16N6. The van der Waals surface area contributed by atoms with E-state index >= 15 is 0 Å². The molecule has 6 nitrogen and oxygen atoms in total. The molecule has 1 aromatic carbocycles. The Hall–Kier alpha value is -3.02. The number of nitrogens with one attached hydrogen (secondary N) is 2. The molecule has 0 radical (unpaired) electrons. The molecule has 2 aromatic heterocycles. The fourth-order valence-electron chi connectivity index (χ4n) is 1.93. The van der Waals surface area contributed by atoms with Gasteiger partial charge in [-0.15, -0.1) is 0 Å². The van der Waals surface area contributed by atoms with Crippen molar-refractivity contribution < 1.29 is 0 Å². The van der Waals surface area contributed by atoms with E-state index in [1.165, 1.54) is 5.56 Å². The van der Waals surface area contributed by atoms with E-state index in [2.05, 4.69) is 42.7 Å². The normalized spacial score (nSPS) is 10.2. The smallest absolute Gasteiger partial charge is 0.231 e. The molecule has 2 N–H and O–H groups in total. The predicted octanol–water partition coefficient (Wildman–Crippen LogP) is 2.93. The van der Waals surface area contributed by atoms with Gasteiger partial charge in [0.25, 0.3) is 0 Å². The summed E-state index contributed by atoms with van der Waals surface area (Å²) in [5.41, 5.74) is 2.18. The van der Waals surface area contributed by atoms with E-state index in [9.17, 15) is 0 Å². The van der Waals surface area contributed by atoms with Gasteiger partial charge in [-0.3, -0.25) is 5.32 Å². The van der Waals surface area contributed by atoms with Crippen LogP contribution in [0.5, 0.6) is 0 Å². The lowest BCUT2D eigenvalue weighted by molar-refractivity contribution is 1.05. The Balaban J connectivity index is 1.72. The molecule has 22 heavy (non-hydrogen) atoms. The molecule has 3 aromatic rings. The fraction of sp³-hybridized carbons (Fsp3) is 0.125. The first kappa shape index (κ1) is 13.9. The van der Waals surface area contributed by atoms with Gasteiger partial charge in [0.1, 0.15) is 5.82 Å². The minimum absolute atomic E-state index is 0.465. The van der Waals surface area contributed by atoms with E-state index in [1.54, 1.807) is 24.7 Å². The summed E-state index contributed by atoms with van der Waals surface area (Å²) in [6.07, 6.45) is 5.10. The van der Waals surface area contributed by atoms with Crippen molar-refractivity contribution in [3.8, 4) is 0 Å². The molecule has 0 amide bonds. The minimum atomic E-state index is 0.465. The lowest BCUT2D eigenvalue weighted by atomic mass is 10.2. The quantitative estimate of drug-likeness (QED) is 0.753. The molecule has 0 unspecified atom stereocenters. The molecule has 0 fully saturated rings. The number of rotatable bonds is 5. The first-order chi connectivity index (χ1) is 10.8. The third kappa shape index (κ3) is 3.54. The average Bonchev–Trinajstić information content (AvgIpc) is 2.57. The topological polar surface area (TPSA) is 75.6 Å². The zero-order valence-corrected chi connectivity index (χ0v) is 12.2. The Labute approximate surface area is 128 Å². The number of aromatic nitrogens is 4. The van der Waals surface area contributed by atoms with Crippen LogP contribution >= 0.6 is 0 Å². The Morgan fingerprint density at radius 2 is 1.68 bits per heavy atom. The van der Waals surface area contributed by atoms with Gasteiger partial charge in [-0.2, -0.15) is 4.98 Å². The molecule has 0 saturated carbocycles. The van der Waals surface area contributed by atoms with Crippen LogP contribution in [0, 0.1) is 6.92 Å². The maximum atomic E-state index is 4.47. The van der Waals surface area contributed by atoms with Gasteiger partial charge in [0.05, 0.1) is 0 Å². The molecule has 0 atom stereocenters. The average molecular weight is 292 g/mol. The second-order valence-corrected chi connectivity index (χ2v) is 4.76. The summed E-state index contributed by atoms with van der Waals surface area (Å²) in [7, 11) is 0. The van der Waals surface area contributed by atoms with Gasteiger partial charge in [-0.05, 0) is 18.6 Å². The largest absolute Gasteiger partial charge is 0.366 e. The van der Waals surface area contributed by atoms with Crippen molar-refractivity contribution in [2.75, 3.05) is 10.6 Å². The number of hydrogen-bond donors (Lipinski definition) is 2. The summed E-state index contributed by atoms with van der Waals surface area (Å²) < 4.78 is 0. The van der Waals surface area contributed by atoms with E-state index in [0.29, 0.717) is 18.4 Å². The van der Waals surface area contributed by atoms with Crippen LogP contribution in [-0.2, 0) is 6.54 Å². The van der Waals surface area contributed by atoms with Gasteiger partial charge in [-0.25, -0.2) is 15.0 Å². The van der Waals surface area contributed by atoms with Crippen molar-refractivity contribution in [1.29, 1.82) is 0 Å². The fourth-order valence-corrected chi connectivity index (χ4v) is 1.93. The van der Waals surface area contributed by atoms with Crippen molar-refractivity contribution in [3.63, 3.8) is 0 Å². The van der Waals surface area contributed by atoms with E-state index < -0.39 is 0 Å². The van der Waals surface area contributed by atoms with E-state index in [4.69, 9.17) is 0 Å². The van der Waals surface area contributed by atoms with Crippen LogP contribution < -0.4 is 10.6 Å². The maximum Gasteiger partial charge on any atom is 0.231 e. The molecule has 3 rings (SSSR count). The van der Waals surface area contributed by atoms with Crippen molar-refractivity contribution in [1.82, 2.24) is 19.9 Å². The van der Waals surface area contributed by atoms with Gasteiger partial charge in [0.15, 0.2) is 0 Å². The lowest BCUT2D eigenvalue weighted by Gasteiger charge is -2.10. The molecule has 0 bridgehead atoms. The summed E-state index contributed by atoms with van der Waals surface area (Å²) in [5, 5.41) is 6.31. The van der Waals surface area contributed by atoms with Crippen LogP contribution in [-0.4, -0.2) is 19.9 Å². The van der Waals surface area contributed by atoms with E-state index in [-0.39, 0.29) is 0 Å². The molecule has 110 valence electrons. The molecule has 2 heterocycles. The van der Waals surface area contributed by atoms with Gasteiger partial charge < -0.3 is 5.32 Å². The second-order valence-electron chi connectivity index (χ2n) is 4.76. The zero-order chi connectivity index (χ0) is 15.2. The van der Waals surface area contributed by atoms with Gasteiger partial charge in [0, 0.05) is 30.7 Å². The Morgan fingerprint density at radius 3 is 2.45 bits per heavy atom. The van der Waals surface area contributed by atoms with Gasteiger partial charge in [-0.1, -0.05) is 30.3 Å². The maximum absolute atomic E-state index is 4.47. The van der Waals surface area contributed by atoms with Crippen molar-refractivity contribution in [2.24, 2.45) is 0 Å². The zero-order valence-electron chi connectivity index (χ0n) is 12.2. The summed E-state index contributed by atoms with van der Waals surface area (Å²) in [5.74, 6) is 1.73. The predicted molar refractivity (Wildman–Crippen MR) is 85.9 cm³/mol. The number of nitrogens with zero attached hydrogens (tertiary/aromatic N) is 4. The van der Waals surface area contributed by atoms with Crippen LogP contribution in [0.2, 0.25) is 0 Å². The molecular weight excluding hydrogens is 276 g/mol. The van der Waals surface area contributed by atoms with Crippen LogP contribution in [0.25, 0.3) is 0 Å². The first-order valence-corrected chi connectivity index (χ1v) is 6.97. The molecule has 0 saturated heterocycles. The van der Waals surface area contributed by atoms with Crippen LogP contribution in [0.4, 0.5) is 17.7 Å². The Morgan fingerprint density at radius 1 is 0.909 bits per heavy atom. The molecule has 6 heteroatoms. The highest BCUT2D eigenvalue weighted by Crippen LogP contribution is 2.15. The van der Waals surface area contributed by atoms with Crippen LogP contribution in [0.15, 0.2) is 55.0 Å². The second kappa shape index (κ2) is 6.62. The van der Waals surface area contributed by atoms with Crippen LogP contribution in [0.1, 0.15) is 11.1 Å². The summed E-state index contributed by atoms with van der Waals surface area (Å²) >= 11 is 0. The summed E-state index contributed by atoms with van der Waals surface area (Å²) in [4.78, 5) is 16.9. The van der Waals surface area contributed by atoms with Crippen molar-refractivity contribution >= 4 is 17.7 Å². The number of anilines is 3. The molecule has 0 aliphatic rings. The van der Waals surface area contributed by atoms with Gasteiger partial charge in [0.2, 0.25) is 11.9 Å². The standard InChI is InChI=1S/C16H16N6/c1-12-10-20-16(22-15-17-8-5-9-18-15)21-14(12)19-11-13-6-3-2-4-7-13/h2-10H,11H2,1H3,(H2,17,18,19,20,21,22). The molecule has 0 aliphatic carbocycles. The SMILES string of the molecule is Cc1cnc(Nc2ncccn2)nc1NCc1ccccc1. The monoisotopic (exact) mass is 292 g/mol. The number of benzene rings is 1. The first-order valence-electron chi connectivity index (χ1n) is 6.97. The highest BCUT2D eigenvalue weighted by atomic mass is 15.2. The van der Waals surface area contributed by atoms with Crippen molar-refractivity contribution in [3.05, 3.63) is 66.1 Å². The Bertz CT molecular complexity index is 730. The highest BCUT2D eigenvalue weighted by Gasteiger charge is 2.05. The van der Waals surface area contributed by atoms with E-state index in [1.807, 2.05) is 25.1 Å². The molecule has 0 spiro atoms.